The molecule has 2 rings (SSSR count). The lowest BCUT2D eigenvalue weighted by molar-refractivity contribution is 0.415. The molecular weight excluding hydrogens is 238 g/mol. The largest absolute Gasteiger partial charge is 0.497 e. The Hall–Kier alpha value is -1.81. The highest BCUT2D eigenvalue weighted by molar-refractivity contribution is 5.91. The first-order valence-electron chi connectivity index (χ1n) is 10.6. The predicted molar refractivity (Wildman–Crippen MR) is 79.7 cm³/mol. The van der Waals surface area contributed by atoms with E-state index in [1.165, 1.54) is 18.3 Å². The van der Waals surface area contributed by atoms with Gasteiger partial charge in [0, 0.05) is 33.3 Å². The summed E-state index contributed by atoms with van der Waals surface area (Å²) in [6, 6.07) is 4.38. The van der Waals surface area contributed by atoms with E-state index in [0.29, 0.717) is 10.9 Å². The van der Waals surface area contributed by atoms with Crippen molar-refractivity contribution in [2.75, 3.05) is 18.9 Å². The summed E-state index contributed by atoms with van der Waals surface area (Å²) in [5, 5.41) is 3.14. The summed E-state index contributed by atoms with van der Waals surface area (Å²) in [5.41, 5.74) is 5.66. The van der Waals surface area contributed by atoms with Crippen LogP contribution in [0.2, 0.25) is 0 Å². The molecule has 0 radical (unpaired) electrons. The molecule has 0 spiro atoms. The molecule has 1 aromatic heterocycles. The molecule has 0 aliphatic heterocycles. The Bertz CT molecular complexity index is 860. The summed E-state index contributed by atoms with van der Waals surface area (Å²) in [7, 11) is -2.73. The molecule has 1 heterocycles. The Morgan fingerprint density at radius 1 is 1.58 bits per heavy atom. The summed E-state index contributed by atoms with van der Waals surface area (Å²) >= 11 is 0. The van der Waals surface area contributed by atoms with Gasteiger partial charge >= 0.3 is 0 Å². The minimum absolute atomic E-state index is 0.0607. The second-order valence-electron chi connectivity index (χ2n) is 3.87. The molecule has 0 aliphatic rings. The number of rotatable bonds is 6. The lowest BCUT2D eigenvalue weighted by atomic mass is 10.1. The van der Waals surface area contributed by atoms with Gasteiger partial charge in [-0.2, -0.15) is 0 Å². The van der Waals surface area contributed by atoms with Gasteiger partial charge in [0.15, 0.2) is 0 Å². The van der Waals surface area contributed by atoms with Crippen LogP contribution in [0.1, 0.15) is 33.4 Å². The number of anilines is 1. The smallest absolute Gasteiger partial charge is 0.121 e. The van der Waals surface area contributed by atoms with Crippen molar-refractivity contribution in [1.29, 1.82) is 0 Å². The lowest BCUT2D eigenvalue weighted by Gasteiger charge is -2.17. The van der Waals surface area contributed by atoms with Crippen LogP contribution < -0.4 is 15.8 Å². The fourth-order valence-corrected chi connectivity index (χ4v) is 1.73. The average Bonchev–Trinajstić information content (AvgIpc) is 2.50. The van der Waals surface area contributed by atoms with Crippen LogP contribution >= 0.6 is 0 Å². The van der Waals surface area contributed by atoms with Gasteiger partial charge in [0.25, 0.3) is 0 Å². The van der Waals surface area contributed by atoms with Crippen molar-refractivity contribution in [2.24, 2.45) is 5.73 Å². The Morgan fingerprint density at radius 2 is 2.53 bits per heavy atom. The van der Waals surface area contributed by atoms with Gasteiger partial charge in [-0.1, -0.05) is 6.07 Å². The Labute approximate surface area is 128 Å². The quantitative estimate of drug-likeness (QED) is 0.846. The van der Waals surface area contributed by atoms with E-state index in [9.17, 15) is 0 Å². The zero-order valence-corrected chi connectivity index (χ0v) is 10.1. The number of ether oxygens (including phenoxy) is 1. The molecule has 0 fully saturated rings. The maximum absolute atomic E-state index is 7.84. The fraction of sp³-hybridized carbons (Fsp3) is 0.400. The minimum atomic E-state index is -2.77. The highest BCUT2D eigenvalue weighted by Gasteiger charge is 2.08. The van der Waals surface area contributed by atoms with E-state index in [4.69, 9.17) is 24.2 Å². The third kappa shape index (κ3) is 3.35. The standard InChI is InChI=1S/C15H21N3O/c1-11(5-3-7-16)18-14-10-13(19-2)9-12-6-4-8-17-15(12)14/h4,6,8-11,18H,3,5,7,16H2,1-2H3/i1D3,2D3,3D2,7D2. The highest BCUT2D eigenvalue weighted by Crippen LogP contribution is 2.28. The van der Waals surface area contributed by atoms with Crippen molar-refractivity contribution < 1.29 is 18.4 Å². The summed E-state index contributed by atoms with van der Waals surface area (Å²) in [6.45, 7) is -5.49. The number of nitrogens with one attached hydrogen (secondary N) is 1. The maximum atomic E-state index is 7.84. The van der Waals surface area contributed by atoms with E-state index in [1.54, 1.807) is 12.1 Å². The molecule has 1 aromatic carbocycles. The third-order valence-electron chi connectivity index (χ3n) is 2.53. The molecule has 0 amide bonds. The van der Waals surface area contributed by atoms with Crippen LogP contribution in [0.4, 0.5) is 5.69 Å². The van der Waals surface area contributed by atoms with Gasteiger partial charge in [0.1, 0.15) is 5.75 Å². The van der Waals surface area contributed by atoms with E-state index in [1.807, 2.05) is 0 Å². The first-order chi connectivity index (χ1) is 13.0. The zero-order valence-electron chi connectivity index (χ0n) is 20.1. The molecule has 3 N–H and O–H groups in total. The average molecular weight is 269 g/mol. The van der Waals surface area contributed by atoms with E-state index >= 15 is 0 Å². The Balaban J connectivity index is 2.50. The number of fused-ring (bicyclic) bond motifs is 1. The number of nitrogens with zero attached hydrogens (tertiary/aromatic N) is 1. The number of methoxy groups -OCH3 is 1. The third-order valence-corrected chi connectivity index (χ3v) is 2.53. The summed E-state index contributed by atoms with van der Waals surface area (Å²) < 4.78 is 80.4. The van der Waals surface area contributed by atoms with Crippen molar-refractivity contribution in [3.8, 4) is 5.75 Å². The highest BCUT2D eigenvalue weighted by atomic mass is 16.5. The zero-order chi connectivity index (χ0) is 22.3. The predicted octanol–water partition coefficient (Wildman–Crippen LogP) is 2.78. The van der Waals surface area contributed by atoms with Gasteiger partial charge in [0.2, 0.25) is 0 Å². The monoisotopic (exact) mass is 269 g/mol. The van der Waals surface area contributed by atoms with E-state index < -0.39 is 39.2 Å². The molecule has 19 heavy (non-hydrogen) atoms. The normalized spacial score (nSPS) is 23.0. The number of hydrogen-bond donors (Lipinski definition) is 2. The second kappa shape index (κ2) is 6.38. The maximum Gasteiger partial charge on any atom is 0.121 e. The molecular formula is C15H21N3O. The van der Waals surface area contributed by atoms with Crippen LogP contribution in [-0.2, 0) is 0 Å². The fourth-order valence-electron chi connectivity index (χ4n) is 1.73. The Morgan fingerprint density at radius 3 is 3.32 bits per heavy atom. The van der Waals surface area contributed by atoms with Crippen molar-refractivity contribution >= 4 is 16.6 Å². The summed E-state index contributed by atoms with van der Waals surface area (Å²) in [4.78, 5) is 4.16. The molecule has 2 aromatic rings. The van der Waals surface area contributed by atoms with Crippen LogP contribution in [0.15, 0.2) is 30.5 Å². The van der Waals surface area contributed by atoms with Gasteiger partial charge in [-0.3, -0.25) is 4.98 Å². The first-order valence-corrected chi connectivity index (χ1v) is 5.63. The summed E-state index contributed by atoms with van der Waals surface area (Å²) in [5.74, 6) is -0.0607. The minimum Gasteiger partial charge on any atom is -0.497 e. The number of benzene rings is 1. The molecule has 0 aliphatic carbocycles. The SMILES string of the molecule is [2H]C([2H])([2H])Oc1cc(NC(CC([2H])([2H])C([2H])([2H])N)C([2H])([2H])[2H])c2ncccc2c1. The van der Waals surface area contributed by atoms with Crippen LogP contribution in [-0.4, -0.2) is 24.6 Å². The van der Waals surface area contributed by atoms with Crippen LogP contribution in [0.5, 0.6) is 5.75 Å². The second-order valence-corrected chi connectivity index (χ2v) is 3.87. The van der Waals surface area contributed by atoms with Crippen LogP contribution in [0.25, 0.3) is 10.9 Å². The van der Waals surface area contributed by atoms with E-state index in [-0.39, 0.29) is 11.4 Å². The number of hydrogen-bond acceptors (Lipinski definition) is 4. The summed E-state index contributed by atoms with van der Waals surface area (Å²) in [6.07, 6.45) is -1.97. The number of nitrogens with two attached hydrogens (primary N) is 1. The van der Waals surface area contributed by atoms with Crippen molar-refractivity contribution in [3.05, 3.63) is 30.5 Å². The lowest BCUT2D eigenvalue weighted by Crippen LogP contribution is -2.17. The Kier molecular flexibility index (Phi) is 1.91. The van der Waals surface area contributed by atoms with Crippen LogP contribution in [0.3, 0.4) is 0 Å². The van der Waals surface area contributed by atoms with Crippen LogP contribution in [0, 0.1) is 0 Å². The number of pyridine rings is 1. The molecule has 0 saturated carbocycles. The van der Waals surface area contributed by atoms with Gasteiger partial charge < -0.3 is 15.8 Å². The molecule has 0 bridgehead atoms. The topological polar surface area (TPSA) is 60.2 Å². The molecule has 102 valence electrons. The molecule has 1 atom stereocenters. The van der Waals surface area contributed by atoms with Crippen molar-refractivity contribution in [3.63, 3.8) is 0 Å². The molecule has 1 unspecified atom stereocenters. The molecule has 4 heteroatoms. The van der Waals surface area contributed by atoms with Crippen molar-refractivity contribution in [1.82, 2.24) is 4.98 Å². The van der Waals surface area contributed by atoms with E-state index in [0.717, 1.165) is 0 Å². The molecule has 0 saturated heterocycles. The van der Waals surface area contributed by atoms with E-state index in [2.05, 4.69) is 10.3 Å². The number of aromatic nitrogens is 1. The van der Waals surface area contributed by atoms with Gasteiger partial charge in [-0.05, 0) is 38.3 Å². The van der Waals surface area contributed by atoms with Crippen molar-refractivity contribution in [2.45, 2.75) is 25.7 Å². The first kappa shape index (κ1) is 5.67. The van der Waals surface area contributed by atoms with Gasteiger partial charge in [0.05, 0.1) is 22.4 Å². The molecule has 4 nitrogen and oxygen atoms in total. The van der Waals surface area contributed by atoms with Gasteiger partial charge in [-0.25, -0.2) is 0 Å². The van der Waals surface area contributed by atoms with Gasteiger partial charge in [-0.15, -0.1) is 0 Å².